The fraction of sp³-hybridized carbons (Fsp3) is 0.267. The van der Waals surface area contributed by atoms with Crippen LogP contribution in [0.15, 0.2) is 42.1 Å². The molecule has 0 saturated heterocycles. The lowest BCUT2D eigenvalue weighted by Crippen LogP contribution is -2.23. The van der Waals surface area contributed by atoms with Crippen LogP contribution in [-0.4, -0.2) is 13.0 Å². The zero-order valence-electron chi connectivity index (χ0n) is 10.7. The molecule has 2 rings (SSSR count). The summed E-state index contributed by atoms with van der Waals surface area (Å²) in [5.41, 5.74) is 2.38. The van der Waals surface area contributed by atoms with Crippen LogP contribution in [0.25, 0.3) is 0 Å². The van der Waals surface area contributed by atoms with Crippen LogP contribution >= 0.6 is 0 Å². The van der Waals surface area contributed by atoms with E-state index in [-0.39, 0.29) is 5.91 Å². The molecule has 0 spiro atoms. The smallest absolute Gasteiger partial charge is 0.259 e. The van der Waals surface area contributed by atoms with Crippen LogP contribution in [0.3, 0.4) is 0 Å². The monoisotopic (exact) mass is 243 g/mol. The van der Waals surface area contributed by atoms with E-state index < -0.39 is 0 Å². The summed E-state index contributed by atoms with van der Waals surface area (Å²) in [5, 5.41) is 2.89. The Morgan fingerprint density at radius 2 is 2.17 bits per heavy atom. The molecule has 1 aromatic rings. The number of aryl methyl sites for hydroxylation is 1. The Kier molecular flexibility index (Phi) is 3.82. The Balaban J connectivity index is 2.21. The summed E-state index contributed by atoms with van der Waals surface area (Å²) in [6.07, 6.45) is 8.02. The highest BCUT2D eigenvalue weighted by Crippen LogP contribution is 2.23. The minimum absolute atomic E-state index is 0.131. The van der Waals surface area contributed by atoms with Gasteiger partial charge in [-0.2, -0.15) is 0 Å². The van der Waals surface area contributed by atoms with E-state index in [0.717, 1.165) is 24.1 Å². The fourth-order valence-electron chi connectivity index (χ4n) is 2.01. The number of hydrogen-bond acceptors (Lipinski definition) is 2. The highest BCUT2D eigenvalue weighted by Gasteiger charge is 2.14. The summed E-state index contributed by atoms with van der Waals surface area (Å²) in [4.78, 5) is 12.2. The van der Waals surface area contributed by atoms with Crippen molar-refractivity contribution in [2.24, 2.45) is 0 Å². The summed E-state index contributed by atoms with van der Waals surface area (Å²) >= 11 is 0. The van der Waals surface area contributed by atoms with E-state index in [1.165, 1.54) is 0 Å². The van der Waals surface area contributed by atoms with Crippen molar-refractivity contribution in [1.29, 1.82) is 0 Å². The minimum Gasteiger partial charge on any atom is -0.496 e. The number of amides is 1. The van der Waals surface area contributed by atoms with Crippen LogP contribution in [0, 0.1) is 6.92 Å². The largest absolute Gasteiger partial charge is 0.496 e. The first-order valence-electron chi connectivity index (χ1n) is 6.04. The topological polar surface area (TPSA) is 38.3 Å². The van der Waals surface area contributed by atoms with Gasteiger partial charge in [0.25, 0.3) is 5.91 Å². The molecule has 1 N–H and O–H groups in total. The third-order valence-corrected chi connectivity index (χ3v) is 2.91. The van der Waals surface area contributed by atoms with Crippen molar-refractivity contribution in [3.8, 4) is 5.75 Å². The normalized spacial score (nSPS) is 14.0. The average molecular weight is 243 g/mol. The molecule has 0 saturated carbocycles. The van der Waals surface area contributed by atoms with Crippen LogP contribution in [0.1, 0.15) is 28.8 Å². The minimum atomic E-state index is -0.131. The van der Waals surface area contributed by atoms with Gasteiger partial charge in [-0.25, -0.2) is 0 Å². The Morgan fingerprint density at radius 3 is 2.83 bits per heavy atom. The Labute approximate surface area is 107 Å². The van der Waals surface area contributed by atoms with Crippen LogP contribution in [0.4, 0.5) is 0 Å². The number of carbonyl (C=O) groups excluding carboxylic acids is 1. The second kappa shape index (κ2) is 5.54. The number of allylic oxidation sites excluding steroid dienone is 3. The van der Waals surface area contributed by atoms with Crippen molar-refractivity contribution in [2.45, 2.75) is 19.8 Å². The molecular weight excluding hydrogens is 226 g/mol. The van der Waals surface area contributed by atoms with E-state index >= 15 is 0 Å². The Hall–Kier alpha value is -2.03. The Bertz CT molecular complexity index is 515. The maximum absolute atomic E-state index is 12.2. The quantitative estimate of drug-likeness (QED) is 0.886. The number of methoxy groups -OCH3 is 1. The molecule has 1 aliphatic rings. The Morgan fingerprint density at radius 1 is 1.33 bits per heavy atom. The summed E-state index contributed by atoms with van der Waals surface area (Å²) in [5.74, 6) is 0.503. The molecule has 94 valence electrons. The standard InChI is InChI=1S/C15H17NO2/c1-11-7-6-10-13(14(11)18-2)15(17)16-12-8-4-3-5-9-12/h4,6-10H,3,5H2,1-2H3,(H,16,17). The van der Waals surface area contributed by atoms with E-state index in [0.29, 0.717) is 11.3 Å². The van der Waals surface area contributed by atoms with Crippen molar-refractivity contribution >= 4 is 5.91 Å². The highest BCUT2D eigenvalue weighted by atomic mass is 16.5. The molecule has 3 nitrogen and oxygen atoms in total. The predicted molar refractivity (Wildman–Crippen MR) is 71.7 cm³/mol. The second-order valence-corrected chi connectivity index (χ2v) is 4.25. The lowest BCUT2D eigenvalue weighted by molar-refractivity contribution is 0.0964. The van der Waals surface area contributed by atoms with E-state index in [4.69, 9.17) is 4.74 Å². The van der Waals surface area contributed by atoms with Gasteiger partial charge in [-0.15, -0.1) is 0 Å². The molecule has 0 unspecified atom stereocenters. The van der Waals surface area contributed by atoms with Crippen LogP contribution < -0.4 is 10.1 Å². The number of para-hydroxylation sites is 1. The van der Waals surface area contributed by atoms with Crippen LogP contribution in [0.2, 0.25) is 0 Å². The molecule has 0 atom stereocenters. The van der Waals surface area contributed by atoms with Crippen molar-refractivity contribution in [3.63, 3.8) is 0 Å². The molecule has 0 aromatic heterocycles. The zero-order valence-corrected chi connectivity index (χ0v) is 10.7. The first kappa shape index (κ1) is 12.4. The van der Waals surface area contributed by atoms with Crippen molar-refractivity contribution in [2.75, 3.05) is 7.11 Å². The first-order chi connectivity index (χ1) is 8.72. The number of ether oxygens (including phenoxy) is 1. The third kappa shape index (κ3) is 2.62. The molecule has 1 aliphatic carbocycles. The number of benzene rings is 1. The molecule has 0 radical (unpaired) electrons. The molecule has 1 amide bonds. The summed E-state index contributed by atoms with van der Waals surface area (Å²) < 4.78 is 5.29. The van der Waals surface area contributed by atoms with Gasteiger partial charge in [0.1, 0.15) is 5.75 Å². The lowest BCUT2D eigenvalue weighted by Gasteiger charge is -2.13. The van der Waals surface area contributed by atoms with E-state index in [1.807, 2.05) is 31.2 Å². The van der Waals surface area contributed by atoms with Crippen LogP contribution in [-0.2, 0) is 0 Å². The predicted octanol–water partition coefficient (Wildman–Crippen LogP) is 2.97. The molecule has 1 aromatic carbocycles. The number of hydrogen-bond donors (Lipinski definition) is 1. The van der Waals surface area contributed by atoms with Gasteiger partial charge in [0.15, 0.2) is 0 Å². The number of carbonyl (C=O) groups is 1. The molecule has 0 bridgehead atoms. The lowest BCUT2D eigenvalue weighted by atomic mass is 10.1. The summed E-state index contributed by atoms with van der Waals surface area (Å²) in [6, 6.07) is 5.56. The van der Waals surface area contributed by atoms with Gasteiger partial charge < -0.3 is 10.1 Å². The molecule has 0 fully saturated rings. The van der Waals surface area contributed by atoms with E-state index in [2.05, 4.69) is 11.4 Å². The van der Waals surface area contributed by atoms with Gasteiger partial charge in [0.2, 0.25) is 0 Å². The van der Waals surface area contributed by atoms with Crippen molar-refractivity contribution in [3.05, 3.63) is 53.3 Å². The molecular formula is C15H17NO2. The average Bonchev–Trinajstić information content (AvgIpc) is 2.39. The molecule has 18 heavy (non-hydrogen) atoms. The maximum atomic E-state index is 12.2. The van der Waals surface area contributed by atoms with Gasteiger partial charge in [-0.3, -0.25) is 4.79 Å². The maximum Gasteiger partial charge on any atom is 0.259 e. The SMILES string of the molecule is COc1c(C)cccc1C(=O)NC1=CCCC=C1. The summed E-state index contributed by atoms with van der Waals surface area (Å²) in [7, 11) is 1.58. The second-order valence-electron chi connectivity index (χ2n) is 4.25. The third-order valence-electron chi connectivity index (χ3n) is 2.91. The van der Waals surface area contributed by atoms with Gasteiger partial charge >= 0.3 is 0 Å². The first-order valence-corrected chi connectivity index (χ1v) is 6.04. The van der Waals surface area contributed by atoms with Gasteiger partial charge in [0.05, 0.1) is 12.7 Å². The highest BCUT2D eigenvalue weighted by molar-refractivity contribution is 5.98. The van der Waals surface area contributed by atoms with Gasteiger partial charge in [-0.1, -0.05) is 24.3 Å². The van der Waals surface area contributed by atoms with Gasteiger partial charge in [-0.05, 0) is 37.5 Å². The number of rotatable bonds is 3. The van der Waals surface area contributed by atoms with Crippen molar-refractivity contribution in [1.82, 2.24) is 5.32 Å². The molecule has 0 heterocycles. The van der Waals surface area contributed by atoms with E-state index in [1.54, 1.807) is 13.2 Å². The van der Waals surface area contributed by atoms with E-state index in [9.17, 15) is 4.79 Å². The zero-order chi connectivity index (χ0) is 13.0. The fourth-order valence-corrected chi connectivity index (χ4v) is 2.01. The number of nitrogens with one attached hydrogen (secondary N) is 1. The van der Waals surface area contributed by atoms with Gasteiger partial charge in [0, 0.05) is 5.70 Å². The molecule has 3 heteroatoms. The molecule has 0 aliphatic heterocycles. The van der Waals surface area contributed by atoms with Crippen molar-refractivity contribution < 1.29 is 9.53 Å². The summed E-state index contributed by atoms with van der Waals surface area (Å²) in [6.45, 7) is 1.93. The van der Waals surface area contributed by atoms with Crippen LogP contribution in [0.5, 0.6) is 5.75 Å².